The number of nitrogens with one attached hydrogen (secondary N) is 2. The molecule has 30 heavy (non-hydrogen) atoms. The van der Waals surface area contributed by atoms with Gasteiger partial charge in [-0.2, -0.15) is 0 Å². The lowest BCUT2D eigenvalue weighted by molar-refractivity contribution is -0.121. The van der Waals surface area contributed by atoms with E-state index < -0.39 is 0 Å². The molecule has 0 radical (unpaired) electrons. The minimum Gasteiger partial charge on any atom is -0.378 e. The number of aromatic nitrogens is 2. The Morgan fingerprint density at radius 2 is 1.97 bits per heavy atom. The Bertz CT molecular complexity index is 908. The Kier molecular flexibility index (Phi) is 8.04. The van der Waals surface area contributed by atoms with Gasteiger partial charge < -0.3 is 15.0 Å². The van der Waals surface area contributed by atoms with Gasteiger partial charge in [0.2, 0.25) is 11.9 Å². The van der Waals surface area contributed by atoms with E-state index in [1.165, 1.54) is 5.56 Å². The van der Waals surface area contributed by atoms with Gasteiger partial charge in [-0.15, -0.1) is 0 Å². The standard InChI is InChI=1S/C22H29BrN4O3/c1-15(3-4-17-5-7-18(23)8-6-17)24-20(28)10-9-19-16(2)25-22(26-21(19)29)27-11-13-30-14-12-27/h5-8,15H,3-4,9-14H2,1-2H3,(H,24,28)(H,25,26,29). The second-order valence-corrected chi connectivity index (χ2v) is 8.60. The van der Waals surface area contributed by atoms with Crippen LogP contribution < -0.4 is 15.8 Å². The molecular weight excluding hydrogens is 448 g/mol. The van der Waals surface area contributed by atoms with Crippen molar-refractivity contribution in [3.05, 3.63) is 55.9 Å². The van der Waals surface area contributed by atoms with Crippen LogP contribution >= 0.6 is 15.9 Å². The summed E-state index contributed by atoms with van der Waals surface area (Å²) in [6.45, 7) is 6.51. The van der Waals surface area contributed by atoms with Crippen LogP contribution in [0.5, 0.6) is 0 Å². The van der Waals surface area contributed by atoms with Gasteiger partial charge in [-0.25, -0.2) is 4.98 Å². The predicted molar refractivity (Wildman–Crippen MR) is 121 cm³/mol. The largest absolute Gasteiger partial charge is 0.378 e. The fraction of sp³-hybridized carbons (Fsp3) is 0.500. The number of anilines is 1. The number of benzene rings is 1. The molecule has 0 aliphatic carbocycles. The predicted octanol–water partition coefficient (Wildman–Crippen LogP) is 2.75. The van der Waals surface area contributed by atoms with Crippen molar-refractivity contribution in [2.24, 2.45) is 0 Å². The number of amides is 1. The van der Waals surface area contributed by atoms with Crippen LogP contribution in [0.2, 0.25) is 0 Å². The normalized spacial score (nSPS) is 15.1. The van der Waals surface area contributed by atoms with Gasteiger partial charge in [0.1, 0.15) is 0 Å². The molecule has 1 amide bonds. The second-order valence-electron chi connectivity index (χ2n) is 7.69. The molecule has 1 saturated heterocycles. The SMILES string of the molecule is Cc1nc(N2CCOCC2)[nH]c(=O)c1CCC(=O)NC(C)CCc1ccc(Br)cc1. The highest BCUT2D eigenvalue weighted by atomic mass is 79.9. The molecule has 0 bridgehead atoms. The molecule has 2 heterocycles. The van der Waals surface area contributed by atoms with E-state index in [1.54, 1.807) is 0 Å². The third kappa shape index (κ3) is 6.40. The third-order valence-corrected chi connectivity index (χ3v) is 5.84. The maximum Gasteiger partial charge on any atom is 0.255 e. The summed E-state index contributed by atoms with van der Waals surface area (Å²) in [6, 6.07) is 8.29. The van der Waals surface area contributed by atoms with Gasteiger partial charge in [-0.1, -0.05) is 28.1 Å². The first kappa shape index (κ1) is 22.5. The van der Waals surface area contributed by atoms with Crippen LogP contribution in [0.1, 0.15) is 36.6 Å². The average molecular weight is 477 g/mol. The number of halogens is 1. The number of aromatic amines is 1. The van der Waals surface area contributed by atoms with Crippen molar-refractivity contribution in [3.8, 4) is 0 Å². The second kappa shape index (κ2) is 10.7. The lowest BCUT2D eigenvalue weighted by Gasteiger charge is -2.27. The molecule has 0 spiro atoms. The van der Waals surface area contributed by atoms with E-state index in [9.17, 15) is 9.59 Å². The van der Waals surface area contributed by atoms with Gasteiger partial charge in [0.05, 0.1) is 13.2 Å². The number of hydrogen-bond acceptors (Lipinski definition) is 5. The van der Waals surface area contributed by atoms with Crippen LogP contribution in [0.15, 0.2) is 33.5 Å². The molecule has 1 aliphatic heterocycles. The maximum atomic E-state index is 12.5. The molecule has 1 unspecified atom stereocenters. The molecule has 2 aromatic rings. The number of hydrogen-bond donors (Lipinski definition) is 2. The highest BCUT2D eigenvalue weighted by molar-refractivity contribution is 9.10. The molecule has 0 saturated carbocycles. The van der Waals surface area contributed by atoms with E-state index in [0.717, 1.165) is 17.3 Å². The highest BCUT2D eigenvalue weighted by Gasteiger charge is 2.17. The molecule has 1 aliphatic rings. The Morgan fingerprint density at radius 1 is 1.27 bits per heavy atom. The van der Waals surface area contributed by atoms with Crippen molar-refractivity contribution in [3.63, 3.8) is 0 Å². The van der Waals surface area contributed by atoms with Gasteiger partial charge in [0.15, 0.2) is 0 Å². The molecule has 8 heteroatoms. The molecule has 3 rings (SSSR count). The zero-order valence-corrected chi connectivity index (χ0v) is 19.1. The lowest BCUT2D eigenvalue weighted by atomic mass is 10.1. The minimum absolute atomic E-state index is 0.0469. The van der Waals surface area contributed by atoms with E-state index in [1.807, 2.05) is 30.9 Å². The highest BCUT2D eigenvalue weighted by Crippen LogP contribution is 2.13. The summed E-state index contributed by atoms with van der Waals surface area (Å²) in [5, 5.41) is 3.03. The minimum atomic E-state index is -0.167. The van der Waals surface area contributed by atoms with Crippen LogP contribution in [0, 0.1) is 6.92 Å². The number of nitrogens with zero attached hydrogens (tertiary/aromatic N) is 2. The Labute approximate surface area is 185 Å². The first-order chi connectivity index (χ1) is 14.4. The first-order valence-electron chi connectivity index (χ1n) is 10.4. The molecule has 162 valence electrons. The number of rotatable bonds is 8. The number of ether oxygens (including phenoxy) is 1. The quantitative estimate of drug-likeness (QED) is 0.611. The van der Waals surface area contributed by atoms with Gasteiger partial charge in [-0.3, -0.25) is 14.6 Å². The van der Waals surface area contributed by atoms with Crippen molar-refractivity contribution >= 4 is 27.8 Å². The fourth-order valence-corrected chi connectivity index (χ4v) is 3.77. The molecule has 7 nitrogen and oxygen atoms in total. The van der Waals surface area contributed by atoms with Gasteiger partial charge in [0.25, 0.3) is 5.56 Å². The Morgan fingerprint density at radius 3 is 2.63 bits per heavy atom. The van der Waals surface area contributed by atoms with Crippen molar-refractivity contribution in [2.45, 2.75) is 45.6 Å². The number of carbonyl (C=O) groups excluding carboxylic acids is 1. The van der Waals surface area contributed by atoms with E-state index >= 15 is 0 Å². The number of carbonyl (C=O) groups is 1. The molecule has 1 aromatic carbocycles. The molecule has 1 fully saturated rings. The molecule has 1 aromatic heterocycles. The third-order valence-electron chi connectivity index (χ3n) is 5.31. The molecule has 2 N–H and O–H groups in total. The number of aryl methyl sites for hydroxylation is 2. The monoisotopic (exact) mass is 476 g/mol. The van der Waals surface area contributed by atoms with Crippen molar-refractivity contribution < 1.29 is 9.53 Å². The fourth-order valence-electron chi connectivity index (χ4n) is 3.51. The van der Waals surface area contributed by atoms with Gasteiger partial charge in [-0.05, 0) is 50.8 Å². The first-order valence-corrected chi connectivity index (χ1v) is 11.2. The Hall–Kier alpha value is -2.19. The summed E-state index contributed by atoms with van der Waals surface area (Å²) in [5.74, 6) is 0.532. The van der Waals surface area contributed by atoms with Crippen LogP contribution in [0.25, 0.3) is 0 Å². The Balaban J connectivity index is 1.48. The smallest absolute Gasteiger partial charge is 0.255 e. The van der Waals surface area contributed by atoms with Crippen LogP contribution in [-0.4, -0.2) is 48.2 Å². The molecular formula is C22H29BrN4O3. The van der Waals surface area contributed by atoms with E-state index in [0.29, 0.717) is 49.9 Å². The van der Waals surface area contributed by atoms with Crippen molar-refractivity contribution in [1.82, 2.24) is 15.3 Å². The zero-order chi connectivity index (χ0) is 21.5. The summed E-state index contributed by atoms with van der Waals surface area (Å²) in [5.41, 5.74) is 2.33. The number of H-pyrrole nitrogens is 1. The van der Waals surface area contributed by atoms with E-state index in [4.69, 9.17) is 4.74 Å². The topological polar surface area (TPSA) is 87.3 Å². The zero-order valence-electron chi connectivity index (χ0n) is 17.5. The van der Waals surface area contributed by atoms with E-state index in [-0.39, 0.29) is 23.9 Å². The summed E-state index contributed by atoms with van der Waals surface area (Å²) < 4.78 is 6.40. The van der Waals surface area contributed by atoms with Crippen LogP contribution in [0.4, 0.5) is 5.95 Å². The molecule has 1 atom stereocenters. The van der Waals surface area contributed by atoms with Gasteiger partial charge >= 0.3 is 0 Å². The van der Waals surface area contributed by atoms with Crippen molar-refractivity contribution in [2.75, 3.05) is 31.2 Å². The van der Waals surface area contributed by atoms with Crippen LogP contribution in [0.3, 0.4) is 0 Å². The summed E-state index contributed by atoms with van der Waals surface area (Å²) in [6.07, 6.45) is 2.41. The number of morpholine rings is 1. The average Bonchev–Trinajstić information content (AvgIpc) is 2.73. The van der Waals surface area contributed by atoms with E-state index in [2.05, 4.69) is 43.3 Å². The summed E-state index contributed by atoms with van der Waals surface area (Å²) >= 11 is 3.44. The van der Waals surface area contributed by atoms with Crippen LogP contribution in [-0.2, 0) is 22.4 Å². The summed E-state index contributed by atoms with van der Waals surface area (Å²) in [7, 11) is 0. The van der Waals surface area contributed by atoms with Crippen molar-refractivity contribution in [1.29, 1.82) is 0 Å². The lowest BCUT2D eigenvalue weighted by Crippen LogP contribution is -2.39. The maximum absolute atomic E-state index is 12.5. The summed E-state index contributed by atoms with van der Waals surface area (Å²) in [4.78, 5) is 34.3. The van der Waals surface area contributed by atoms with Gasteiger partial charge in [0, 0.05) is 41.3 Å².